The molecule has 0 spiro atoms. The maximum absolute atomic E-state index is 13.6. The van der Waals surface area contributed by atoms with Gasteiger partial charge in [0.25, 0.3) is 5.56 Å². The van der Waals surface area contributed by atoms with E-state index in [9.17, 15) is 9.59 Å². The summed E-state index contributed by atoms with van der Waals surface area (Å²) < 4.78 is 9.77. The summed E-state index contributed by atoms with van der Waals surface area (Å²) in [5.74, 6) is 0.698. The van der Waals surface area contributed by atoms with Crippen molar-refractivity contribution in [1.29, 1.82) is 0 Å². The lowest BCUT2D eigenvalue weighted by molar-refractivity contribution is -0.132. The van der Waals surface area contributed by atoms with Gasteiger partial charge in [-0.1, -0.05) is 79.9 Å². The van der Waals surface area contributed by atoms with E-state index in [0.29, 0.717) is 49.1 Å². The largest absolute Gasteiger partial charge is 0.478 e. The van der Waals surface area contributed by atoms with E-state index in [1.54, 1.807) is 0 Å². The third-order valence-corrected chi connectivity index (χ3v) is 10.7. The number of hydrogen-bond acceptors (Lipinski definition) is 6. The molecule has 1 saturated heterocycles. The molecule has 1 aliphatic carbocycles. The molecule has 0 unspecified atom stereocenters. The normalized spacial score (nSPS) is 16.4. The molecular weight excluding hydrogens is 624 g/mol. The van der Waals surface area contributed by atoms with Gasteiger partial charge < -0.3 is 19.1 Å². The number of aryl methyl sites for hydroxylation is 1. The van der Waals surface area contributed by atoms with Crippen LogP contribution in [0.25, 0.3) is 16.7 Å². The van der Waals surface area contributed by atoms with E-state index in [1.807, 2.05) is 51.4 Å². The van der Waals surface area contributed by atoms with Crippen molar-refractivity contribution in [1.82, 2.24) is 28.7 Å². The summed E-state index contributed by atoms with van der Waals surface area (Å²) in [5.41, 5.74) is 4.77. The monoisotopic (exact) mass is 674 g/mol. The minimum Gasteiger partial charge on any atom is -0.478 e. The van der Waals surface area contributed by atoms with E-state index < -0.39 is 0 Å². The number of carbonyl (C=O) groups excluding carboxylic acids is 1. The van der Waals surface area contributed by atoms with Gasteiger partial charge in [-0.3, -0.25) is 18.9 Å². The number of pyridine rings is 1. The van der Waals surface area contributed by atoms with Crippen LogP contribution in [0.2, 0.25) is 0 Å². The zero-order valence-corrected chi connectivity index (χ0v) is 29.3. The van der Waals surface area contributed by atoms with Gasteiger partial charge in [0, 0.05) is 64.5 Å². The van der Waals surface area contributed by atoms with Crippen molar-refractivity contribution in [2.75, 3.05) is 46.4 Å². The predicted molar refractivity (Wildman–Crippen MR) is 199 cm³/mol. The molecule has 0 atom stereocenters. The van der Waals surface area contributed by atoms with Crippen LogP contribution >= 0.6 is 0 Å². The fourth-order valence-electron chi connectivity index (χ4n) is 7.93. The topological polar surface area (TPSA) is 75.3 Å². The maximum Gasteiger partial charge on any atom is 0.275 e. The molecule has 9 nitrogen and oxygen atoms in total. The Kier molecular flexibility index (Phi) is 10.9. The molecule has 1 amide bonds. The second-order valence-electron chi connectivity index (χ2n) is 13.9. The van der Waals surface area contributed by atoms with E-state index in [4.69, 9.17) is 9.72 Å². The number of hydrogen-bond donors (Lipinski definition) is 0. The van der Waals surface area contributed by atoms with Crippen LogP contribution in [0.5, 0.6) is 5.88 Å². The second kappa shape index (κ2) is 16.0. The van der Waals surface area contributed by atoms with Gasteiger partial charge >= 0.3 is 0 Å². The van der Waals surface area contributed by atoms with Crippen LogP contribution in [0, 0.1) is 0 Å². The quantitative estimate of drug-likeness (QED) is 0.135. The Morgan fingerprint density at radius 3 is 2.22 bits per heavy atom. The summed E-state index contributed by atoms with van der Waals surface area (Å²) in [6.07, 6.45) is 9.79. The fourth-order valence-corrected chi connectivity index (χ4v) is 7.93. The van der Waals surface area contributed by atoms with Crippen LogP contribution in [0.4, 0.5) is 0 Å². The maximum atomic E-state index is 13.6. The Bertz CT molecular complexity index is 1870. The van der Waals surface area contributed by atoms with Crippen molar-refractivity contribution >= 4 is 22.6 Å². The summed E-state index contributed by atoms with van der Waals surface area (Å²) in [6.45, 7) is 5.94. The van der Waals surface area contributed by atoms with Gasteiger partial charge in [0.1, 0.15) is 5.52 Å². The summed E-state index contributed by atoms with van der Waals surface area (Å²) in [4.78, 5) is 38.3. The first-order valence-electron chi connectivity index (χ1n) is 18.5. The van der Waals surface area contributed by atoms with Crippen LogP contribution < -0.4 is 10.3 Å². The third kappa shape index (κ3) is 7.64. The number of amides is 1. The van der Waals surface area contributed by atoms with Crippen LogP contribution in [0.3, 0.4) is 0 Å². The fraction of sp³-hybridized carbons (Fsp3) is 0.439. The standard InChI is InChI=1S/C41H50N6O3/c1-43(34-18-9-4-10-19-34)38(48)21-12-31-50-37-23-22-35-40(42-37)46-25-11-20-36(46)41(49)47(35)26-13-24-44-27-29-45(30-28-44)39(32-14-5-2-6-15-32)33-16-7-3-8-17-33/h2-3,5-8,11,14-17,20,22-23,25,34,39H,4,9-10,12-13,18-19,21,24,26-31H2,1H3. The Hall–Kier alpha value is -4.47. The number of ether oxygens (including phenoxy) is 1. The molecule has 9 heteroatoms. The zero-order chi connectivity index (χ0) is 34.3. The molecule has 7 rings (SSSR count). The highest BCUT2D eigenvalue weighted by Gasteiger charge is 2.26. The Labute approximate surface area is 295 Å². The van der Waals surface area contributed by atoms with Crippen LogP contribution in [0.15, 0.2) is 95.9 Å². The van der Waals surface area contributed by atoms with Gasteiger partial charge in [-0.2, -0.15) is 4.98 Å². The number of rotatable bonds is 13. The molecule has 0 radical (unpaired) electrons. The van der Waals surface area contributed by atoms with Crippen molar-refractivity contribution in [3.63, 3.8) is 0 Å². The highest BCUT2D eigenvalue weighted by Crippen LogP contribution is 2.29. The molecule has 2 aliphatic rings. The molecule has 2 aromatic carbocycles. The molecule has 4 heterocycles. The first-order valence-corrected chi connectivity index (χ1v) is 18.5. The summed E-state index contributed by atoms with van der Waals surface area (Å²) in [6, 6.07) is 29.8. The SMILES string of the molecule is CN(C(=O)CCCOc1ccc2c(n1)n1cccc1c(=O)n2CCCN1CCN(C(c2ccccc2)c2ccccc2)CC1)C1CCCCC1. The first kappa shape index (κ1) is 34.0. The van der Waals surface area contributed by atoms with Crippen molar-refractivity contribution in [2.24, 2.45) is 0 Å². The lowest BCUT2D eigenvalue weighted by Crippen LogP contribution is -2.48. The first-order chi connectivity index (χ1) is 24.6. The minimum atomic E-state index is -0.00282. The highest BCUT2D eigenvalue weighted by atomic mass is 16.5. The third-order valence-electron chi connectivity index (χ3n) is 10.7. The van der Waals surface area contributed by atoms with Gasteiger partial charge in [-0.25, -0.2) is 0 Å². The average Bonchev–Trinajstić information content (AvgIpc) is 3.67. The van der Waals surface area contributed by atoms with Gasteiger partial charge in [0.15, 0.2) is 5.65 Å². The van der Waals surface area contributed by atoms with E-state index in [0.717, 1.165) is 57.5 Å². The summed E-state index contributed by atoms with van der Waals surface area (Å²) in [7, 11) is 1.94. The number of aromatic nitrogens is 3. The van der Waals surface area contributed by atoms with Crippen LogP contribution in [-0.4, -0.2) is 87.0 Å². The number of carbonyl (C=O) groups is 1. The highest BCUT2D eigenvalue weighted by molar-refractivity contribution is 5.76. The summed E-state index contributed by atoms with van der Waals surface area (Å²) in [5, 5.41) is 0. The molecule has 1 saturated carbocycles. The molecule has 2 fully saturated rings. The van der Waals surface area contributed by atoms with E-state index in [1.165, 1.54) is 30.4 Å². The number of piperazine rings is 1. The predicted octanol–water partition coefficient (Wildman–Crippen LogP) is 6.40. The van der Waals surface area contributed by atoms with Gasteiger partial charge in [-0.05, 0) is 61.6 Å². The molecule has 1 aliphatic heterocycles. The Morgan fingerprint density at radius 2 is 1.52 bits per heavy atom. The van der Waals surface area contributed by atoms with E-state index in [2.05, 4.69) is 70.5 Å². The molecule has 262 valence electrons. The van der Waals surface area contributed by atoms with E-state index in [-0.39, 0.29) is 17.5 Å². The van der Waals surface area contributed by atoms with Crippen molar-refractivity contribution in [2.45, 2.75) is 70.0 Å². The van der Waals surface area contributed by atoms with Crippen molar-refractivity contribution in [3.8, 4) is 5.88 Å². The lowest BCUT2D eigenvalue weighted by atomic mass is 9.94. The number of benzene rings is 2. The van der Waals surface area contributed by atoms with E-state index >= 15 is 0 Å². The number of nitrogens with zero attached hydrogens (tertiary/aromatic N) is 6. The number of fused-ring (bicyclic) bond motifs is 3. The van der Waals surface area contributed by atoms with Crippen LogP contribution in [-0.2, 0) is 11.3 Å². The molecule has 3 aromatic heterocycles. The molecule has 50 heavy (non-hydrogen) atoms. The Balaban J connectivity index is 0.957. The molecule has 0 bridgehead atoms. The molecule has 5 aromatic rings. The van der Waals surface area contributed by atoms with Crippen LogP contribution in [0.1, 0.15) is 68.5 Å². The molecule has 0 N–H and O–H groups in total. The van der Waals surface area contributed by atoms with Gasteiger partial charge in [0.05, 0.1) is 18.2 Å². The molecular formula is C41H50N6O3. The Morgan fingerprint density at radius 1 is 0.820 bits per heavy atom. The minimum absolute atomic E-state index is 0.00282. The van der Waals surface area contributed by atoms with Gasteiger partial charge in [-0.15, -0.1) is 0 Å². The lowest BCUT2D eigenvalue weighted by Gasteiger charge is -2.40. The zero-order valence-electron chi connectivity index (χ0n) is 29.3. The van der Waals surface area contributed by atoms with Gasteiger partial charge in [0.2, 0.25) is 11.8 Å². The second-order valence-corrected chi connectivity index (χ2v) is 13.9. The van der Waals surface area contributed by atoms with Crippen molar-refractivity contribution < 1.29 is 9.53 Å². The average molecular weight is 675 g/mol. The summed E-state index contributed by atoms with van der Waals surface area (Å²) >= 11 is 0. The smallest absolute Gasteiger partial charge is 0.275 e. The van der Waals surface area contributed by atoms with Crippen molar-refractivity contribution in [3.05, 3.63) is 113 Å².